The first-order valence-corrected chi connectivity index (χ1v) is 16.1. The van der Waals surface area contributed by atoms with Crippen molar-refractivity contribution < 1.29 is 4.42 Å². The monoisotopic (exact) mass is 615 g/mol. The molecule has 0 unspecified atom stereocenters. The van der Waals surface area contributed by atoms with E-state index in [1.165, 1.54) is 11.1 Å². The third-order valence-electron chi connectivity index (χ3n) is 8.87. The smallest absolute Gasteiger partial charge is 0.160 e. The molecule has 4 heteroatoms. The zero-order valence-corrected chi connectivity index (χ0v) is 26.0. The molecule has 0 atom stereocenters. The number of fused-ring (bicyclic) bond motifs is 4. The number of para-hydroxylation sites is 2. The largest absolute Gasteiger partial charge is 0.456 e. The molecule has 2 aromatic heterocycles. The van der Waals surface area contributed by atoms with E-state index in [1.54, 1.807) is 0 Å². The highest BCUT2D eigenvalue weighted by molar-refractivity contribution is 6.08. The van der Waals surface area contributed by atoms with Gasteiger partial charge in [-0.25, -0.2) is 9.97 Å². The number of hydrogen-bond acceptors (Lipinski definition) is 4. The van der Waals surface area contributed by atoms with E-state index in [2.05, 4.69) is 120 Å². The molecule has 226 valence electrons. The highest BCUT2D eigenvalue weighted by Gasteiger charge is 2.17. The molecule has 0 aliphatic carbocycles. The van der Waals surface area contributed by atoms with Crippen molar-refractivity contribution in [3.63, 3.8) is 0 Å². The average Bonchev–Trinajstić information content (AvgIpc) is 3.53. The first-order chi connectivity index (χ1) is 23.8. The predicted molar refractivity (Wildman–Crippen MR) is 198 cm³/mol. The van der Waals surface area contributed by atoms with E-state index >= 15 is 0 Å². The molecule has 48 heavy (non-hydrogen) atoms. The van der Waals surface area contributed by atoms with Crippen LogP contribution in [0.2, 0.25) is 0 Å². The van der Waals surface area contributed by atoms with Crippen LogP contribution in [0.15, 0.2) is 180 Å². The minimum atomic E-state index is 0.705. The van der Waals surface area contributed by atoms with E-state index in [9.17, 15) is 0 Å². The molecule has 0 amide bonds. The molecule has 0 spiro atoms. The van der Waals surface area contributed by atoms with Crippen LogP contribution in [0.5, 0.6) is 0 Å². The highest BCUT2D eigenvalue weighted by Crippen LogP contribution is 2.40. The zero-order valence-electron chi connectivity index (χ0n) is 26.0. The molecule has 4 nitrogen and oxygen atoms in total. The fourth-order valence-corrected chi connectivity index (χ4v) is 6.52. The maximum atomic E-state index is 6.61. The minimum absolute atomic E-state index is 0.705. The van der Waals surface area contributed by atoms with Crippen LogP contribution in [-0.4, -0.2) is 9.97 Å². The van der Waals surface area contributed by atoms with E-state index in [4.69, 9.17) is 14.4 Å². The fraction of sp³-hybridized carbons (Fsp3) is 0. The SMILES string of the molecule is c1ccc(-c2ccc(N(c3ccccc3)c3ccc4c(c3)oc3cc(-c5nc(-c6ccccc6)nc6ccccc56)ccc34)cc2)cc1. The number of hydrogen-bond donors (Lipinski definition) is 0. The van der Waals surface area contributed by atoms with Gasteiger partial charge in [0.05, 0.1) is 11.2 Å². The minimum Gasteiger partial charge on any atom is -0.456 e. The van der Waals surface area contributed by atoms with Crippen molar-refractivity contribution in [2.75, 3.05) is 4.90 Å². The van der Waals surface area contributed by atoms with Gasteiger partial charge < -0.3 is 9.32 Å². The first-order valence-electron chi connectivity index (χ1n) is 16.1. The van der Waals surface area contributed by atoms with Crippen molar-refractivity contribution >= 4 is 49.9 Å². The molecule has 0 aliphatic rings. The molecule has 9 aromatic rings. The lowest BCUT2D eigenvalue weighted by molar-refractivity contribution is 0.669. The number of benzene rings is 7. The average molecular weight is 616 g/mol. The van der Waals surface area contributed by atoms with Gasteiger partial charge in [-0.3, -0.25) is 0 Å². The Morgan fingerprint density at radius 2 is 0.917 bits per heavy atom. The van der Waals surface area contributed by atoms with Gasteiger partial charge in [0, 0.05) is 50.4 Å². The second-order valence-corrected chi connectivity index (χ2v) is 11.9. The molecule has 0 fully saturated rings. The van der Waals surface area contributed by atoms with Crippen LogP contribution < -0.4 is 4.90 Å². The van der Waals surface area contributed by atoms with E-state index in [-0.39, 0.29) is 0 Å². The summed E-state index contributed by atoms with van der Waals surface area (Å²) < 4.78 is 6.61. The second-order valence-electron chi connectivity index (χ2n) is 11.9. The topological polar surface area (TPSA) is 42.2 Å². The summed E-state index contributed by atoms with van der Waals surface area (Å²) in [4.78, 5) is 12.2. The second kappa shape index (κ2) is 11.7. The summed E-state index contributed by atoms with van der Waals surface area (Å²) in [7, 11) is 0. The van der Waals surface area contributed by atoms with Crippen molar-refractivity contribution in [3.05, 3.63) is 176 Å². The van der Waals surface area contributed by atoms with Gasteiger partial charge in [0.1, 0.15) is 11.2 Å². The zero-order chi connectivity index (χ0) is 31.9. The van der Waals surface area contributed by atoms with Crippen LogP contribution in [-0.2, 0) is 0 Å². The number of nitrogens with zero attached hydrogens (tertiary/aromatic N) is 3. The van der Waals surface area contributed by atoms with Gasteiger partial charge in [-0.05, 0) is 65.7 Å². The summed E-state index contributed by atoms with van der Waals surface area (Å²) in [6.07, 6.45) is 0. The molecule has 9 rings (SSSR count). The van der Waals surface area contributed by atoms with Crippen molar-refractivity contribution in [2.45, 2.75) is 0 Å². The van der Waals surface area contributed by atoms with Crippen molar-refractivity contribution in [1.82, 2.24) is 9.97 Å². The van der Waals surface area contributed by atoms with Crippen molar-refractivity contribution in [3.8, 4) is 33.8 Å². The highest BCUT2D eigenvalue weighted by atomic mass is 16.3. The molecule has 2 heterocycles. The lowest BCUT2D eigenvalue weighted by atomic mass is 10.0. The van der Waals surface area contributed by atoms with Crippen LogP contribution >= 0.6 is 0 Å². The van der Waals surface area contributed by atoms with Crippen LogP contribution in [0, 0.1) is 0 Å². The molecule has 0 saturated heterocycles. The summed E-state index contributed by atoms with van der Waals surface area (Å²) in [5.41, 5.74) is 11.0. The quantitative estimate of drug-likeness (QED) is 0.187. The summed E-state index contributed by atoms with van der Waals surface area (Å²) in [6.45, 7) is 0. The standard InChI is InChI=1S/C44H29N3O/c1-4-12-30(13-5-1)31-20-23-35(24-21-31)47(34-16-8-3-9-17-34)36-25-27-38-37-26-22-33(28-41(37)48-42(38)29-36)43-39-18-10-11-19-40(39)45-44(46-43)32-14-6-2-7-15-32/h1-29H. The maximum Gasteiger partial charge on any atom is 0.160 e. The van der Waals surface area contributed by atoms with Gasteiger partial charge in [-0.2, -0.15) is 0 Å². The van der Waals surface area contributed by atoms with E-state index in [0.717, 1.165) is 66.7 Å². The van der Waals surface area contributed by atoms with Crippen molar-refractivity contribution in [2.24, 2.45) is 0 Å². The summed E-state index contributed by atoms with van der Waals surface area (Å²) in [5.74, 6) is 0.705. The van der Waals surface area contributed by atoms with Crippen LogP contribution in [0.1, 0.15) is 0 Å². The van der Waals surface area contributed by atoms with Gasteiger partial charge >= 0.3 is 0 Å². The Morgan fingerprint density at radius 3 is 1.67 bits per heavy atom. The number of aromatic nitrogens is 2. The third kappa shape index (κ3) is 4.97. The summed E-state index contributed by atoms with van der Waals surface area (Å²) >= 11 is 0. The molecule has 0 aliphatic heterocycles. The normalized spacial score (nSPS) is 11.3. The summed E-state index contributed by atoms with van der Waals surface area (Å²) in [6, 6.07) is 60.8. The van der Waals surface area contributed by atoms with Crippen LogP contribution in [0.25, 0.3) is 66.6 Å². The van der Waals surface area contributed by atoms with Gasteiger partial charge in [-0.1, -0.05) is 115 Å². The number of furan rings is 1. The molecule has 7 aromatic carbocycles. The Balaban J connectivity index is 1.14. The van der Waals surface area contributed by atoms with E-state index in [1.807, 2.05) is 60.7 Å². The fourth-order valence-electron chi connectivity index (χ4n) is 6.52. The molecule has 0 radical (unpaired) electrons. The Labute approximate surface area is 278 Å². The molecule has 0 N–H and O–H groups in total. The van der Waals surface area contributed by atoms with E-state index in [0.29, 0.717) is 5.82 Å². The number of anilines is 3. The van der Waals surface area contributed by atoms with E-state index < -0.39 is 0 Å². The Bertz CT molecular complexity index is 2540. The third-order valence-corrected chi connectivity index (χ3v) is 8.87. The number of rotatable bonds is 6. The van der Waals surface area contributed by atoms with Gasteiger partial charge in [0.25, 0.3) is 0 Å². The maximum absolute atomic E-state index is 6.61. The Hall–Kier alpha value is -6.52. The molecular weight excluding hydrogens is 587 g/mol. The molecule has 0 bridgehead atoms. The van der Waals surface area contributed by atoms with Crippen LogP contribution in [0.4, 0.5) is 17.1 Å². The summed E-state index contributed by atoms with van der Waals surface area (Å²) in [5, 5.41) is 3.15. The molecular formula is C44H29N3O. The Kier molecular flexibility index (Phi) is 6.76. The Morgan fingerprint density at radius 1 is 0.375 bits per heavy atom. The van der Waals surface area contributed by atoms with Gasteiger partial charge in [0.2, 0.25) is 0 Å². The van der Waals surface area contributed by atoms with Gasteiger partial charge in [-0.15, -0.1) is 0 Å². The van der Waals surface area contributed by atoms with Gasteiger partial charge in [0.15, 0.2) is 5.82 Å². The van der Waals surface area contributed by atoms with Crippen LogP contribution in [0.3, 0.4) is 0 Å². The molecule has 0 saturated carbocycles. The first kappa shape index (κ1) is 27.8. The lowest BCUT2D eigenvalue weighted by Crippen LogP contribution is -2.09. The lowest BCUT2D eigenvalue weighted by Gasteiger charge is -2.25. The predicted octanol–water partition coefficient (Wildman–Crippen LogP) is 12.0. The van der Waals surface area contributed by atoms with Crippen molar-refractivity contribution in [1.29, 1.82) is 0 Å².